The van der Waals surface area contributed by atoms with Crippen molar-refractivity contribution >= 4 is 31.9 Å². The molecule has 2 aromatic rings. The molecule has 4 rings (SSSR count). The molecule has 0 aromatic heterocycles. The van der Waals surface area contributed by atoms with E-state index in [9.17, 15) is 0 Å². The zero-order valence-electron chi connectivity index (χ0n) is 16.0. The topological polar surface area (TPSA) is 0 Å². The van der Waals surface area contributed by atoms with Crippen LogP contribution in [0.15, 0.2) is 33.2 Å². The first-order valence-corrected chi connectivity index (χ1v) is 10.7. The molecule has 25 heavy (non-hydrogen) atoms. The molecule has 2 aromatic carbocycles. The third-order valence-electron chi connectivity index (χ3n) is 6.37. The van der Waals surface area contributed by atoms with Crippen molar-refractivity contribution < 1.29 is 0 Å². The van der Waals surface area contributed by atoms with Crippen LogP contribution in [0.25, 0.3) is 0 Å². The minimum Gasteiger partial charge on any atom is -0.0558 e. The summed E-state index contributed by atoms with van der Waals surface area (Å²) < 4.78 is 2.56. The highest BCUT2D eigenvalue weighted by molar-refractivity contribution is 9.10. The third kappa shape index (κ3) is 2.36. The Labute approximate surface area is 168 Å². The van der Waals surface area contributed by atoms with Gasteiger partial charge >= 0.3 is 0 Å². The molecule has 0 fully saturated rings. The van der Waals surface area contributed by atoms with Gasteiger partial charge < -0.3 is 0 Å². The maximum Gasteiger partial charge on any atom is 0.0247 e. The molecule has 0 unspecified atom stereocenters. The molecule has 2 heteroatoms. The molecule has 0 heterocycles. The minimum absolute atomic E-state index is 0.0940. The number of rotatable bonds is 0. The van der Waals surface area contributed by atoms with Gasteiger partial charge in [-0.3, -0.25) is 0 Å². The Hall–Kier alpha value is -0.600. The van der Waals surface area contributed by atoms with Crippen molar-refractivity contribution in [2.45, 2.75) is 70.6 Å². The summed E-state index contributed by atoms with van der Waals surface area (Å²) in [6, 6.07) is 9.44. The maximum absolute atomic E-state index is 3.95. The fourth-order valence-corrected chi connectivity index (χ4v) is 7.67. The lowest BCUT2D eigenvalue weighted by Gasteiger charge is -2.31. The summed E-state index contributed by atoms with van der Waals surface area (Å²) >= 11 is 7.90. The second kappa shape index (κ2) is 5.23. The van der Waals surface area contributed by atoms with Gasteiger partial charge in [-0.1, -0.05) is 71.7 Å². The Kier molecular flexibility index (Phi) is 3.72. The van der Waals surface area contributed by atoms with E-state index in [2.05, 4.69) is 97.7 Å². The van der Waals surface area contributed by atoms with Crippen LogP contribution in [-0.4, -0.2) is 0 Å². The van der Waals surface area contributed by atoms with Gasteiger partial charge in [0.2, 0.25) is 0 Å². The summed E-state index contributed by atoms with van der Waals surface area (Å²) in [5, 5.41) is 0. The van der Waals surface area contributed by atoms with E-state index in [0.29, 0.717) is 0 Å². The first kappa shape index (κ1) is 17.8. The summed E-state index contributed by atoms with van der Waals surface area (Å²) in [6.07, 6.45) is 2.35. The van der Waals surface area contributed by atoms with Crippen molar-refractivity contribution in [3.05, 3.63) is 66.6 Å². The van der Waals surface area contributed by atoms with Gasteiger partial charge in [-0.15, -0.1) is 0 Å². The molecule has 132 valence electrons. The number of fused-ring (bicyclic) bond motifs is 4. The van der Waals surface area contributed by atoms with E-state index in [-0.39, 0.29) is 16.2 Å². The SMILES string of the molecule is Cc1cc(Br)c2c(c1)C(C)(C)CC21CC(C)(C)c2cc(C)cc(Br)c21. The van der Waals surface area contributed by atoms with Gasteiger partial charge in [0.1, 0.15) is 0 Å². The molecule has 0 atom stereocenters. The molecular weight excluding hydrogens is 436 g/mol. The number of benzene rings is 2. The smallest absolute Gasteiger partial charge is 0.0247 e. The number of hydrogen-bond acceptors (Lipinski definition) is 0. The Morgan fingerprint density at radius 2 is 1.04 bits per heavy atom. The fraction of sp³-hybridized carbons (Fsp3) is 0.478. The second-order valence-corrected chi connectivity index (χ2v) is 11.3. The standard InChI is InChI=1S/C23H26Br2/c1-13-7-15-19(17(24)9-13)23(11-21(15,3)4)12-22(5,6)16-8-14(2)10-18(25)20(16)23/h7-10H,11-12H2,1-6H3. The van der Waals surface area contributed by atoms with Crippen LogP contribution in [0.2, 0.25) is 0 Å². The molecule has 0 saturated heterocycles. The van der Waals surface area contributed by atoms with Gasteiger partial charge in [-0.25, -0.2) is 0 Å². The van der Waals surface area contributed by atoms with Gasteiger partial charge in [-0.2, -0.15) is 0 Å². The minimum atomic E-state index is 0.0940. The molecule has 0 saturated carbocycles. The number of halogens is 2. The fourth-order valence-electron chi connectivity index (χ4n) is 5.77. The molecule has 2 aliphatic carbocycles. The summed E-state index contributed by atoms with van der Waals surface area (Å²) in [6.45, 7) is 14.1. The van der Waals surface area contributed by atoms with E-state index < -0.39 is 0 Å². The summed E-state index contributed by atoms with van der Waals surface area (Å²) in [7, 11) is 0. The first-order chi connectivity index (χ1) is 11.5. The molecule has 0 bridgehead atoms. The molecule has 0 radical (unpaired) electrons. The van der Waals surface area contributed by atoms with Crippen LogP contribution >= 0.6 is 31.9 Å². The van der Waals surface area contributed by atoms with Gasteiger partial charge in [0.25, 0.3) is 0 Å². The van der Waals surface area contributed by atoms with E-state index >= 15 is 0 Å². The Balaban J connectivity index is 2.11. The van der Waals surface area contributed by atoms with Crippen LogP contribution in [0.3, 0.4) is 0 Å². The van der Waals surface area contributed by atoms with Gasteiger partial charge in [0.05, 0.1) is 0 Å². The summed E-state index contributed by atoms with van der Waals surface area (Å²) in [5.41, 5.74) is 9.26. The normalized spacial score (nSPS) is 21.4. The predicted molar refractivity (Wildman–Crippen MR) is 114 cm³/mol. The lowest BCUT2D eigenvalue weighted by atomic mass is 9.72. The van der Waals surface area contributed by atoms with Crippen LogP contribution in [-0.2, 0) is 16.2 Å². The van der Waals surface area contributed by atoms with Gasteiger partial charge in [0.15, 0.2) is 0 Å². The van der Waals surface area contributed by atoms with E-state index in [1.807, 2.05) is 0 Å². The van der Waals surface area contributed by atoms with E-state index in [4.69, 9.17) is 0 Å². The van der Waals surface area contributed by atoms with E-state index in [1.54, 1.807) is 0 Å². The highest BCUT2D eigenvalue weighted by Gasteiger charge is 2.57. The van der Waals surface area contributed by atoms with E-state index in [0.717, 1.165) is 0 Å². The number of aryl methyl sites for hydroxylation is 2. The van der Waals surface area contributed by atoms with Crippen LogP contribution in [0.1, 0.15) is 73.9 Å². The third-order valence-corrected chi connectivity index (χ3v) is 7.62. The van der Waals surface area contributed by atoms with Crippen molar-refractivity contribution in [1.29, 1.82) is 0 Å². The van der Waals surface area contributed by atoms with Gasteiger partial charge in [-0.05, 0) is 83.0 Å². The summed E-state index contributed by atoms with van der Waals surface area (Å²) in [5.74, 6) is 0. The van der Waals surface area contributed by atoms with Crippen LogP contribution in [0.5, 0.6) is 0 Å². The highest BCUT2D eigenvalue weighted by Crippen LogP contribution is 2.65. The second-order valence-electron chi connectivity index (χ2n) is 9.54. The lowest BCUT2D eigenvalue weighted by molar-refractivity contribution is 0.348. The Bertz CT molecular complexity index is 827. The lowest BCUT2D eigenvalue weighted by Crippen LogP contribution is -2.27. The van der Waals surface area contributed by atoms with Crippen molar-refractivity contribution in [3.63, 3.8) is 0 Å². The monoisotopic (exact) mass is 460 g/mol. The number of hydrogen-bond donors (Lipinski definition) is 0. The van der Waals surface area contributed by atoms with Crippen LogP contribution < -0.4 is 0 Å². The average Bonchev–Trinajstić information content (AvgIpc) is 2.77. The average molecular weight is 462 g/mol. The highest BCUT2D eigenvalue weighted by atomic mass is 79.9. The zero-order chi connectivity index (χ0) is 18.4. The van der Waals surface area contributed by atoms with Crippen molar-refractivity contribution in [2.24, 2.45) is 0 Å². The van der Waals surface area contributed by atoms with Crippen LogP contribution in [0, 0.1) is 13.8 Å². The Morgan fingerprint density at radius 1 is 0.680 bits per heavy atom. The van der Waals surface area contributed by atoms with Gasteiger partial charge in [0, 0.05) is 14.4 Å². The Morgan fingerprint density at radius 3 is 1.40 bits per heavy atom. The molecular formula is C23H26Br2. The van der Waals surface area contributed by atoms with Crippen molar-refractivity contribution in [1.82, 2.24) is 0 Å². The van der Waals surface area contributed by atoms with Crippen molar-refractivity contribution in [2.75, 3.05) is 0 Å². The molecule has 1 spiro atoms. The largest absolute Gasteiger partial charge is 0.0558 e. The molecule has 0 aliphatic heterocycles. The molecule has 0 N–H and O–H groups in total. The molecule has 0 nitrogen and oxygen atoms in total. The zero-order valence-corrected chi connectivity index (χ0v) is 19.2. The van der Waals surface area contributed by atoms with E-state index in [1.165, 1.54) is 55.2 Å². The molecule has 2 aliphatic rings. The molecule has 0 amide bonds. The maximum atomic E-state index is 3.95. The summed E-state index contributed by atoms with van der Waals surface area (Å²) in [4.78, 5) is 0. The van der Waals surface area contributed by atoms with Crippen molar-refractivity contribution in [3.8, 4) is 0 Å². The first-order valence-electron chi connectivity index (χ1n) is 9.10. The predicted octanol–water partition coefficient (Wildman–Crippen LogP) is 7.48. The quantitative estimate of drug-likeness (QED) is 0.381. The van der Waals surface area contributed by atoms with Crippen LogP contribution in [0.4, 0.5) is 0 Å².